The van der Waals surface area contributed by atoms with Gasteiger partial charge in [-0.25, -0.2) is 0 Å². The number of thioether (sulfide) groups is 1. The lowest BCUT2D eigenvalue weighted by molar-refractivity contribution is 0.0916. The van der Waals surface area contributed by atoms with Crippen LogP contribution in [-0.4, -0.2) is 23.8 Å². The Morgan fingerprint density at radius 2 is 1.91 bits per heavy atom. The Bertz CT molecular complexity index is 662. The van der Waals surface area contributed by atoms with Crippen LogP contribution in [0.1, 0.15) is 22.0 Å². The van der Waals surface area contributed by atoms with Crippen LogP contribution in [0.3, 0.4) is 0 Å². The fourth-order valence-corrected chi connectivity index (χ4v) is 2.68. The molecule has 2 aromatic rings. The van der Waals surface area contributed by atoms with Gasteiger partial charge in [-0.2, -0.15) is 0 Å². The molecule has 0 radical (unpaired) electrons. The van der Waals surface area contributed by atoms with E-state index >= 15 is 0 Å². The van der Waals surface area contributed by atoms with Crippen molar-refractivity contribution in [1.82, 2.24) is 5.32 Å². The van der Waals surface area contributed by atoms with Crippen molar-refractivity contribution in [3.8, 4) is 0 Å². The van der Waals surface area contributed by atoms with Gasteiger partial charge in [0.05, 0.1) is 16.7 Å². The first-order chi connectivity index (χ1) is 10.5. The Morgan fingerprint density at radius 3 is 2.55 bits per heavy atom. The summed E-state index contributed by atoms with van der Waals surface area (Å²) < 4.78 is 0. The van der Waals surface area contributed by atoms with Crippen molar-refractivity contribution < 1.29 is 9.90 Å². The molecule has 22 heavy (non-hydrogen) atoms. The molecule has 2 aromatic carbocycles. The van der Waals surface area contributed by atoms with E-state index in [-0.39, 0.29) is 12.5 Å². The molecule has 0 aliphatic rings. The molecule has 0 aromatic heterocycles. The molecule has 1 amide bonds. The monoisotopic (exact) mass is 355 g/mol. The Hall–Kier alpha value is -1.20. The number of hydrogen-bond donors (Lipinski definition) is 2. The number of carbonyl (C=O) groups excluding carboxylic acids is 1. The average Bonchev–Trinajstić information content (AvgIpc) is 2.54. The van der Waals surface area contributed by atoms with Gasteiger partial charge < -0.3 is 10.4 Å². The van der Waals surface area contributed by atoms with E-state index in [1.54, 1.807) is 23.9 Å². The second kappa shape index (κ2) is 7.88. The van der Waals surface area contributed by atoms with E-state index in [2.05, 4.69) is 5.32 Å². The highest BCUT2D eigenvalue weighted by Crippen LogP contribution is 2.21. The van der Waals surface area contributed by atoms with E-state index < -0.39 is 6.10 Å². The van der Waals surface area contributed by atoms with Crippen molar-refractivity contribution in [2.24, 2.45) is 0 Å². The van der Waals surface area contributed by atoms with E-state index in [9.17, 15) is 9.90 Å². The van der Waals surface area contributed by atoms with Crippen molar-refractivity contribution in [1.29, 1.82) is 0 Å². The number of aliphatic hydroxyl groups excluding tert-OH is 1. The maximum Gasteiger partial charge on any atom is 0.252 e. The summed E-state index contributed by atoms with van der Waals surface area (Å²) in [6.45, 7) is 0.0975. The average molecular weight is 356 g/mol. The predicted octanol–water partition coefficient (Wildman–Crippen LogP) is 4.18. The quantitative estimate of drug-likeness (QED) is 0.791. The van der Waals surface area contributed by atoms with Gasteiger partial charge in [0, 0.05) is 16.5 Å². The number of aliphatic hydroxyl groups is 1. The van der Waals surface area contributed by atoms with Crippen molar-refractivity contribution in [2.45, 2.75) is 11.0 Å². The second-order valence-electron chi connectivity index (χ2n) is 4.62. The molecule has 0 heterocycles. The topological polar surface area (TPSA) is 49.3 Å². The lowest BCUT2D eigenvalue weighted by Gasteiger charge is -2.13. The molecule has 0 spiro atoms. The number of nitrogens with one attached hydrogen (secondary N) is 1. The molecule has 6 heteroatoms. The van der Waals surface area contributed by atoms with Gasteiger partial charge in [-0.3, -0.25) is 4.79 Å². The number of amides is 1. The predicted molar refractivity (Wildman–Crippen MR) is 92.0 cm³/mol. The minimum atomic E-state index is -0.780. The van der Waals surface area contributed by atoms with Gasteiger partial charge >= 0.3 is 0 Å². The summed E-state index contributed by atoms with van der Waals surface area (Å²) in [7, 11) is 0. The molecular formula is C16H15Cl2NO2S. The van der Waals surface area contributed by atoms with Crippen LogP contribution < -0.4 is 5.32 Å². The first kappa shape index (κ1) is 17.2. The minimum absolute atomic E-state index is 0.0975. The molecule has 1 unspecified atom stereocenters. The molecule has 2 rings (SSSR count). The summed E-state index contributed by atoms with van der Waals surface area (Å²) in [5.74, 6) is -0.368. The molecular weight excluding hydrogens is 341 g/mol. The zero-order valence-corrected chi connectivity index (χ0v) is 14.2. The Morgan fingerprint density at radius 1 is 1.23 bits per heavy atom. The standard InChI is InChI=1S/C16H15Cl2NO2S/c1-22-12-5-2-10(3-6-12)15(20)9-19-16(21)13-8-11(17)4-7-14(13)18/h2-8,15,20H,9H2,1H3,(H,19,21). The summed E-state index contributed by atoms with van der Waals surface area (Å²) in [6.07, 6.45) is 1.21. The molecule has 116 valence electrons. The van der Waals surface area contributed by atoms with Gasteiger partial charge in [-0.15, -0.1) is 11.8 Å². The van der Waals surface area contributed by atoms with Gasteiger partial charge in [0.1, 0.15) is 0 Å². The summed E-state index contributed by atoms with van der Waals surface area (Å²) in [4.78, 5) is 13.2. The van der Waals surface area contributed by atoms with E-state index in [0.717, 1.165) is 10.5 Å². The molecule has 0 bridgehead atoms. The van der Waals surface area contributed by atoms with E-state index in [0.29, 0.717) is 15.6 Å². The number of hydrogen-bond acceptors (Lipinski definition) is 3. The van der Waals surface area contributed by atoms with Crippen LogP contribution in [0.5, 0.6) is 0 Å². The second-order valence-corrected chi connectivity index (χ2v) is 6.35. The van der Waals surface area contributed by atoms with Gasteiger partial charge in [-0.1, -0.05) is 35.3 Å². The van der Waals surface area contributed by atoms with E-state index in [1.807, 2.05) is 30.5 Å². The Labute approximate surface area is 143 Å². The summed E-state index contributed by atoms with van der Waals surface area (Å²) in [5.41, 5.74) is 1.04. The molecule has 0 saturated carbocycles. The highest BCUT2D eigenvalue weighted by Gasteiger charge is 2.13. The van der Waals surface area contributed by atoms with Gasteiger partial charge in [-0.05, 0) is 42.2 Å². The van der Waals surface area contributed by atoms with Crippen molar-refractivity contribution >= 4 is 40.9 Å². The molecule has 2 N–H and O–H groups in total. The SMILES string of the molecule is CSc1ccc(C(O)CNC(=O)c2cc(Cl)ccc2Cl)cc1. The fourth-order valence-electron chi connectivity index (χ4n) is 1.90. The summed E-state index contributed by atoms with van der Waals surface area (Å²) in [5, 5.41) is 13.5. The van der Waals surface area contributed by atoms with Crippen LogP contribution in [0, 0.1) is 0 Å². The largest absolute Gasteiger partial charge is 0.387 e. The lowest BCUT2D eigenvalue weighted by atomic mass is 10.1. The van der Waals surface area contributed by atoms with Crippen LogP contribution in [-0.2, 0) is 0 Å². The van der Waals surface area contributed by atoms with Gasteiger partial charge in [0.15, 0.2) is 0 Å². The molecule has 1 atom stereocenters. The molecule has 0 aliphatic heterocycles. The fraction of sp³-hybridized carbons (Fsp3) is 0.188. The molecule has 3 nitrogen and oxygen atoms in total. The highest BCUT2D eigenvalue weighted by atomic mass is 35.5. The van der Waals surface area contributed by atoms with E-state index in [1.165, 1.54) is 6.07 Å². The minimum Gasteiger partial charge on any atom is -0.387 e. The molecule has 0 saturated heterocycles. The van der Waals surface area contributed by atoms with Crippen LogP contribution in [0.15, 0.2) is 47.4 Å². The number of halogens is 2. The molecule has 0 aliphatic carbocycles. The van der Waals surface area contributed by atoms with Crippen molar-refractivity contribution in [3.63, 3.8) is 0 Å². The first-order valence-electron chi connectivity index (χ1n) is 6.56. The summed E-state index contributed by atoms with van der Waals surface area (Å²) in [6, 6.07) is 12.2. The normalized spacial score (nSPS) is 12.0. The maximum atomic E-state index is 12.1. The zero-order chi connectivity index (χ0) is 16.1. The van der Waals surface area contributed by atoms with Crippen LogP contribution in [0.4, 0.5) is 0 Å². The maximum absolute atomic E-state index is 12.1. The number of rotatable bonds is 5. The zero-order valence-electron chi connectivity index (χ0n) is 11.8. The van der Waals surface area contributed by atoms with E-state index in [4.69, 9.17) is 23.2 Å². The lowest BCUT2D eigenvalue weighted by Crippen LogP contribution is -2.28. The molecule has 0 fully saturated rings. The Balaban J connectivity index is 1.99. The van der Waals surface area contributed by atoms with Gasteiger partial charge in [0.2, 0.25) is 0 Å². The third-order valence-electron chi connectivity index (χ3n) is 3.13. The van der Waals surface area contributed by atoms with Crippen molar-refractivity contribution in [2.75, 3.05) is 12.8 Å². The highest BCUT2D eigenvalue weighted by molar-refractivity contribution is 7.98. The van der Waals surface area contributed by atoms with Crippen LogP contribution >= 0.6 is 35.0 Å². The third-order valence-corrected chi connectivity index (χ3v) is 4.44. The third kappa shape index (κ3) is 4.40. The summed E-state index contributed by atoms with van der Waals surface area (Å²) >= 11 is 13.5. The van der Waals surface area contributed by atoms with Gasteiger partial charge in [0.25, 0.3) is 5.91 Å². The first-order valence-corrected chi connectivity index (χ1v) is 8.54. The van der Waals surface area contributed by atoms with Crippen LogP contribution in [0.25, 0.3) is 0 Å². The number of benzene rings is 2. The Kier molecular flexibility index (Phi) is 6.15. The number of carbonyl (C=O) groups is 1. The smallest absolute Gasteiger partial charge is 0.252 e. The van der Waals surface area contributed by atoms with Crippen LogP contribution in [0.2, 0.25) is 10.0 Å². The van der Waals surface area contributed by atoms with Crippen molar-refractivity contribution in [3.05, 3.63) is 63.6 Å².